The van der Waals surface area contributed by atoms with Crippen LogP contribution in [0.25, 0.3) is 28.1 Å². The van der Waals surface area contributed by atoms with Crippen molar-refractivity contribution in [2.75, 3.05) is 0 Å². The summed E-state index contributed by atoms with van der Waals surface area (Å²) < 4.78 is 1.88. The van der Waals surface area contributed by atoms with Crippen molar-refractivity contribution in [3.05, 3.63) is 58.7 Å². The number of rotatable bonds is 1. The van der Waals surface area contributed by atoms with Gasteiger partial charge in [0.2, 0.25) is 0 Å². The first-order valence-electron chi connectivity index (χ1n) is 6.29. The number of halogens is 2. The smallest absolute Gasteiger partial charge is 0.199 e. The summed E-state index contributed by atoms with van der Waals surface area (Å²) in [6.45, 7) is 0. The maximum Gasteiger partial charge on any atom is 0.199 e. The van der Waals surface area contributed by atoms with Crippen molar-refractivity contribution in [1.29, 1.82) is 0 Å². The fourth-order valence-corrected chi connectivity index (χ4v) is 2.73. The predicted octanol–water partition coefficient (Wildman–Crippen LogP) is 4.25. The topological polar surface area (TPSA) is 43.1 Å². The molecule has 0 aliphatic rings. The van der Waals surface area contributed by atoms with Gasteiger partial charge in [0.05, 0.1) is 11.0 Å². The molecule has 0 saturated heterocycles. The molecule has 102 valence electrons. The van der Waals surface area contributed by atoms with Crippen LogP contribution in [-0.4, -0.2) is 19.6 Å². The molecule has 0 N–H and O–H groups in total. The Morgan fingerprint density at radius 3 is 2.52 bits per heavy atom. The number of nitrogens with zero attached hydrogens (tertiary/aromatic N) is 4. The second-order valence-corrected chi connectivity index (χ2v) is 5.38. The molecule has 21 heavy (non-hydrogen) atoms. The standard InChI is InChI=1S/C15H8Cl2N4/c16-10-6-7-11-12(8-10)21-14(9-4-2-1-3-5-9)19-20-15(21)13(17)18-11/h1-8H. The first kappa shape index (κ1) is 12.6. The lowest BCUT2D eigenvalue weighted by molar-refractivity contribution is 1.12. The highest BCUT2D eigenvalue weighted by molar-refractivity contribution is 6.33. The Balaban J connectivity index is 2.19. The number of aromatic nitrogens is 4. The van der Waals surface area contributed by atoms with Gasteiger partial charge < -0.3 is 0 Å². The van der Waals surface area contributed by atoms with Crippen LogP contribution in [0.3, 0.4) is 0 Å². The van der Waals surface area contributed by atoms with E-state index >= 15 is 0 Å². The van der Waals surface area contributed by atoms with Gasteiger partial charge in [-0.1, -0.05) is 53.5 Å². The monoisotopic (exact) mass is 314 g/mol. The Morgan fingerprint density at radius 2 is 1.71 bits per heavy atom. The van der Waals surface area contributed by atoms with E-state index in [0.717, 1.165) is 16.6 Å². The zero-order valence-corrected chi connectivity index (χ0v) is 12.2. The predicted molar refractivity (Wildman–Crippen MR) is 83.7 cm³/mol. The fourth-order valence-electron chi connectivity index (χ4n) is 2.35. The first-order chi connectivity index (χ1) is 10.2. The SMILES string of the molecule is Clc1ccc2nc(Cl)c3nnc(-c4ccccc4)n3c2c1. The van der Waals surface area contributed by atoms with E-state index in [1.807, 2.05) is 46.9 Å². The number of benzene rings is 2. The highest BCUT2D eigenvalue weighted by Gasteiger charge is 2.15. The summed E-state index contributed by atoms with van der Waals surface area (Å²) in [6.07, 6.45) is 0. The first-order valence-corrected chi connectivity index (χ1v) is 7.05. The number of fused-ring (bicyclic) bond motifs is 3. The molecule has 4 rings (SSSR count). The van der Waals surface area contributed by atoms with E-state index in [2.05, 4.69) is 15.2 Å². The van der Waals surface area contributed by atoms with Crippen molar-refractivity contribution in [3.63, 3.8) is 0 Å². The third kappa shape index (κ3) is 1.95. The van der Waals surface area contributed by atoms with E-state index in [1.165, 1.54) is 0 Å². The molecule has 0 fully saturated rings. The molecule has 4 aromatic rings. The summed E-state index contributed by atoms with van der Waals surface area (Å²) in [7, 11) is 0. The van der Waals surface area contributed by atoms with Crippen LogP contribution in [0.15, 0.2) is 48.5 Å². The molecular formula is C15H8Cl2N4. The van der Waals surface area contributed by atoms with Crippen LogP contribution in [0, 0.1) is 0 Å². The molecule has 2 aromatic carbocycles. The average molecular weight is 315 g/mol. The van der Waals surface area contributed by atoms with Crippen molar-refractivity contribution in [3.8, 4) is 11.4 Å². The second-order valence-electron chi connectivity index (χ2n) is 4.58. The lowest BCUT2D eigenvalue weighted by atomic mass is 10.2. The van der Waals surface area contributed by atoms with E-state index in [0.29, 0.717) is 21.6 Å². The largest absolute Gasteiger partial charge is 0.271 e. The fraction of sp³-hybridized carbons (Fsp3) is 0. The molecule has 0 bridgehead atoms. The summed E-state index contributed by atoms with van der Waals surface area (Å²) in [5, 5.41) is 9.35. The molecule has 0 unspecified atom stereocenters. The lowest BCUT2D eigenvalue weighted by Gasteiger charge is -2.06. The van der Waals surface area contributed by atoms with Gasteiger partial charge in [0.25, 0.3) is 0 Å². The van der Waals surface area contributed by atoms with Crippen LogP contribution in [0.2, 0.25) is 10.2 Å². The minimum absolute atomic E-state index is 0.319. The Morgan fingerprint density at radius 1 is 0.905 bits per heavy atom. The number of hydrogen-bond acceptors (Lipinski definition) is 3. The molecule has 0 spiro atoms. The van der Waals surface area contributed by atoms with Gasteiger partial charge in [-0.3, -0.25) is 4.40 Å². The minimum atomic E-state index is 0.319. The van der Waals surface area contributed by atoms with Crippen LogP contribution in [0.4, 0.5) is 0 Å². The van der Waals surface area contributed by atoms with Gasteiger partial charge in [-0.2, -0.15) is 0 Å². The molecule has 2 heterocycles. The molecule has 4 nitrogen and oxygen atoms in total. The van der Waals surface area contributed by atoms with Crippen LogP contribution in [0.1, 0.15) is 0 Å². The molecule has 0 saturated carbocycles. The van der Waals surface area contributed by atoms with Gasteiger partial charge in [-0.05, 0) is 18.2 Å². The van der Waals surface area contributed by atoms with Crippen molar-refractivity contribution >= 4 is 39.9 Å². The van der Waals surface area contributed by atoms with Crippen LogP contribution >= 0.6 is 23.2 Å². The third-order valence-electron chi connectivity index (χ3n) is 3.28. The van der Waals surface area contributed by atoms with Crippen molar-refractivity contribution < 1.29 is 0 Å². The Bertz CT molecular complexity index is 964. The summed E-state index contributed by atoms with van der Waals surface area (Å²) >= 11 is 12.3. The highest BCUT2D eigenvalue weighted by atomic mass is 35.5. The molecule has 0 radical (unpaired) electrons. The Labute approximate surface area is 130 Å². The normalized spacial score (nSPS) is 11.3. The van der Waals surface area contributed by atoms with Gasteiger partial charge in [0.15, 0.2) is 16.6 Å². The third-order valence-corrected chi connectivity index (χ3v) is 3.77. The Kier molecular flexibility index (Phi) is 2.80. The molecule has 6 heteroatoms. The maximum atomic E-state index is 6.21. The van der Waals surface area contributed by atoms with Gasteiger partial charge >= 0.3 is 0 Å². The zero-order valence-electron chi connectivity index (χ0n) is 10.7. The van der Waals surface area contributed by atoms with E-state index in [-0.39, 0.29) is 0 Å². The number of hydrogen-bond donors (Lipinski definition) is 0. The van der Waals surface area contributed by atoms with E-state index in [1.54, 1.807) is 6.07 Å². The van der Waals surface area contributed by atoms with Crippen molar-refractivity contribution in [2.24, 2.45) is 0 Å². The second kappa shape index (κ2) is 4.69. The molecule has 0 amide bonds. The molecular weight excluding hydrogens is 307 g/mol. The van der Waals surface area contributed by atoms with Gasteiger partial charge in [-0.15, -0.1) is 10.2 Å². The van der Waals surface area contributed by atoms with Crippen LogP contribution in [0.5, 0.6) is 0 Å². The molecule has 0 atom stereocenters. The summed E-state index contributed by atoms with van der Waals surface area (Å²) in [4.78, 5) is 4.34. The van der Waals surface area contributed by atoms with Gasteiger partial charge in [0.1, 0.15) is 0 Å². The highest BCUT2D eigenvalue weighted by Crippen LogP contribution is 2.27. The summed E-state index contributed by atoms with van der Waals surface area (Å²) in [5.74, 6) is 0.710. The van der Waals surface area contributed by atoms with E-state index < -0.39 is 0 Å². The van der Waals surface area contributed by atoms with Crippen molar-refractivity contribution in [1.82, 2.24) is 19.6 Å². The van der Waals surface area contributed by atoms with Crippen LogP contribution in [-0.2, 0) is 0 Å². The zero-order chi connectivity index (χ0) is 14.4. The summed E-state index contributed by atoms with van der Waals surface area (Å²) in [6, 6.07) is 15.3. The van der Waals surface area contributed by atoms with Crippen molar-refractivity contribution in [2.45, 2.75) is 0 Å². The molecule has 2 aromatic heterocycles. The van der Waals surface area contributed by atoms with Crippen LogP contribution < -0.4 is 0 Å². The summed E-state index contributed by atoms with van der Waals surface area (Å²) in [5.41, 5.74) is 3.04. The quantitative estimate of drug-likeness (QED) is 0.527. The molecule has 0 aliphatic heterocycles. The average Bonchev–Trinajstić information content (AvgIpc) is 2.95. The van der Waals surface area contributed by atoms with E-state index in [4.69, 9.17) is 23.2 Å². The minimum Gasteiger partial charge on any atom is -0.271 e. The molecule has 0 aliphatic carbocycles. The maximum absolute atomic E-state index is 6.21. The van der Waals surface area contributed by atoms with E-state index in [9.17, 15) is 0 Å². The lowest BCUT2D eigenvalue weighted by Crippen LogP contribution is -1.95. The Hall–Kier alpha value is -2.17. The van der Waals surface area contributed by atoms with Gasteiger partial charge in [0, 0.05) is 10.6 Å². The van der Waals surface area contributed by atoms with Gasteiger partial charge in [-0.25, -0.2) is 4.98 Å².